The number of benzene rings is 2. The third-order valence-electron chi connectivity index (χ3n) is 3.64. The van der Waals surface area contributed by atoms with Gasteiger partial charge in [-0.25, -0.2) is 8.42 Å². The lowest BCUT2D eigenvalue weighted by Gasteiger charge is -2.13. The van der Waals surface area contributed by atoms with Crippen LogP contribution in [0.2, 0.25) is 5.02 Å². The Bertz CT molecular complexity index is 808. The fraction of sp³-hybridized carbons (Fsp3) is 0.235. The fourth-order valence-electron chi connectivity index (χ4n) is 2.05. The summed E-state index contributed by atoms with van der Waals surface area (Å²) in [5.41, 5.74) is 2.11. The van der Waals surface area contributed by atoms with Gasteiger partial charge in [0.05, 0.1) is 4.90 Å². The Balaban J connectivity index is 2.37. The van der Waals surface area contributed by atoms with Gasteiger partial charge in [0.1, 0.15) is 5.25 Å². The first-order chi connectivity index (χ1) is 10.2. The van der Waals surface area contributed by atoms with Crippen molar-refractivity contribution in [2.75, 3.05) is 0 Å². The van der Waals surface area contributed by atoms with Gasteiger partial charge in [0.2, 0.25) is 0 Å². The van der Waals surface area contributed by atoms with E-state index in [-0.39, 0.29) is 4.90 Å². The van der Waals surface area contributed by atoms with Gasteiger partial charge in [-0.3, -0.25) is 4.79 Å². The molecule has 0 aliphatic carbocycles. The Morgan fingerprint density at radius 2 is 1.64 bits per heavy atom. The number of sulfone groups is 1. The molecular formula is C17H17ClO3S. The van der Waals surface area contributed by atoms with Crippen LogP contribution in [0.5, 0.6) is 0 Å². The number of hydrogen-bond donors (Lipinski definition) is 0. The molecule has 0 fully saturated rings. The Morgan fingerprint density at radius 3 is 2.18 bits per heavy atom. The van der Waals surface area contributed by atoms with Gasteiger partial charge in [-0.15, -0.1) is 0 Å². The van der Waals surface area contributed by atoms with Gasteiger partial charge in [-0.2, -0.15) is 0 Å². The number of Topliss-reactive ketones (excluding diaryl/α,β-unsaturated/α-hetero) is 1. The van der Waals surface area contributed by atoms with Crippen LogP contribution in [0.4, 0.5) is 0 Å². The van der Waals surface area contributed by atoms with Crippen LogP contribution >= 0.6 is 11.6 Å². The summed E-state index contributed by atoms with van der Waals surface area (Å²) in [7, 11) is -3.72. The van der Waals surface area contributed by atoms with E-state index in [2.05, 4.69) is 0 Å². The van der Waals surface area contributed by atoms with E-state index in [1.807, 2.05) is 13.8 Å². The minimum atomic E-state index is -3.72. The Kier molecular flexibility index (Phi) is 4.73. The van der Waals surface area contributed by atoms with Crippen molar-refractivity contribution in [1.82, 2.24) is 0 Å². The number of aryl methyl sites for hydroxylation is 2. The second-order valence-corrected chi connectivity index (χ2v) is 8.00. The summed E-state index contributed by atoms with van der Waals surface area (Å²) < 4.78 is 25.1. The van der Waals surface area contributed by atoms with E-state index >= 15 is 0 Å². The van der Waals surface area contributed by atoms with Crippen molar-refractivity contribution in [3.8, 4) is 0 Å². The van der Waals surface area contributed by atoms with Crippen molar-refractivity contribution in [2.45, 2.75) is 30.9 Å². The fourth-order valence-corrected chi connectivity index (χ4v) is 3.58. The molecule has 3 nitrogen and oxygen atoms in total. The van der Waals surface area contributed by atoms with E-state index in [9.17, 15) is 13.2 Å². The predicted molar refractivity (Wildman–Crippen MR) is 88.3 cm³/mol. The standard InChI is InChI=1S/C17H17ClO3S/c1-11-4-8-15(9-5-11)22(20,21)13(3)17(19)14-7-6-12(2)16(18)10-14/h4-10,13H,1-3H3. The van der Waals surface area contributed by atoms with Crippen LogP contribution < -0.4 is 0 Å². The lowest BCUT2D eigenvalue weighted by atomic mass is 10.1. The van der Waals surface area contributed by atoms with E-state index in [1.54, 1.807) is 24.3 Å². The van der Waals surface area contributed by atoms with Crippen molar-refractivity contribution in [3.05, 3.63) is 64.2 Å². The minimum Gasteiger partial charge on any atom is -0.293 e. The highest BCUT2D eigenvalue weighted by molar-refractivity contribution is 7.92. The van der Waals surface area contributed by atoms with Gasteiger partial charge in [0.25, 0.3) is 0 Å². The largest absolute Gasteiger partial charge is 0.293 e. The molecule has 0 spiro atoms. The van der Waals surface area contributed by atoms with Gasteiger partial charge in [0.15, 0.2) is 15.6 Å². The molecule has 22 heavy (non-hydrogen) atoms. The second kappa shape index (κ2) is 6.23. The number of carbonyl (C=O) groups excluding carboxylic acids is 1. The van der Waals surface area contributed by atoms with Gasteiger partial charge in [-0.05, 0) is 44.5 Å². The lowest BCUT2D eigenvalue weighted by molar-refractivity contribution is 0.0991. The minimum absolute atomic E-state index is 0.150. The average Bonchev–Trinajstić information content (AvgIpc) is 2.49. The van der Waals surface area contributed by atoms with Crippen LogP contribution in [0.1, 0.15) is 28.4 Å². The van der Waals surface area contributed by atoms with Crippen molar-refractivity contribution in [3.63, 3.8) is 0 Å². The van der Waals surface area contributed by atoms with Crippen LogP contribution in [-0.2, 0) is 9.84 Å². The molecule has 0 amide bonds. The molecule has 0 bridgehead atoms. The summed E-state index contributed by atoms with van der Waals surface area (Å²) in [6.07, 6.45) is 0. The highest BCUT2D eigenvalue weighted by atomic mass is 35.5. The Labute approximate surface area is 135 Å². The van der Waals surface area contributed by atoms with Gasteiger partial charge in [-0.1, -0.05) is 41.4 Å². The summed E-state index contributed by atoms with van der Waals surface area (Å²) in [6.45, 7) is 5.10. The maximum atomic E-state index is 12.6. The molecule has 2 aromatic rings. The zero-order valence-corrected chi connectivity index (χ0v) is 14.2. The molecule has 0 aliphatic heterocycles. The maximum Gasteiger partial charge on any atom is 0.188 e. The molecule has 0 aliphatic rings. The van der Waals surface area contributed by atoms with Crippen LogP contribution in [0.25, 0.3) is 0 Å². The summed E-state index contributed by atoms with van der Waals surface area (Å²) in [5, 5.41) is -0.709. The van der Waals surface area contributed by atoms with E-state index in [1.165, 1.54) is 25.1 Å². The van der Waals surface area contributed by atoms with E-state index in [0.29, 0.717) is 10.6 Å². The zero-order valence-electron chi connectivity index (χ0n) is 12.6. The quantitative estimate of drug-likeness (QED) is 0.793. The van der Waals surface area contributed by atoms with Crippen LogP contribution in [0, 0.1) is 13.8 Å². The molecule has 5 heteroatoms. The maximum absolute atomic E-state index is 12.6. The number of halogens is 1. The summed E-state index contributed by atoms with van der Waals surface area (Å²) >= 11 is 6.01. The normalized spacial score (nSPS) is 12.9. The number of carbonyl (C=O) groups is 1. The van der Waals surface area contributed by atoms with Crippen molar-refractivity contribution >= 4 is 27.2 Å². The smallest absolute Gasteiger partial charge is 0.188 e. The topological polar surface area (TPSA) is 51.2 Å². The SMILES string of the molecule is Cc1ccc(S(=O)(=O)C(C)C(=O)c2ccc(C)c(Cl)c2)cc1. The Morgan fingerprint density at radius 1 is 1.05 bits per heavy atom. The summed E-state index contributed by atoms with van der Waals surface area (Å²) in [4.78, 5) is 12.6. The Hall–Kier alpha value is -1.65. The molecular weight excluding hydrogens is 320 g/mol. The molecule has 0 N–H and O–H groups in total. The van der Waals surface area contributed by atoms with Crippen LogP contribution in [-0.4, -0.2) is 19.5 Å². The molecule has 0 heterocycles. The average molecular weight is 337 g/mol. The summed E-state index contributed by atoms with van der Waals surface area (Å²) in [5.74, 6) is -0.456. The van der Waals surface area contributed by atoms with Crippen LogP contribution in [0.15, 0.2) is 47.4 Å². The number of hydrogen-bond acceptors (Lipinski definition) is 3. The molecule has 1 atom stereocenters. The van der Waals surface area contributed by atoms with Crippen molar-refractivity contribution in [2.24, 2.45) is 0 Å². The monoisotopic (exact) mass is 336 g/mol. The molecule has 1 unspecified atom stereocenters. The first kappa shape index (κ1) is 16.7. The first-order valence-corrected chi connectivity index (χ1v) is 8.77. The number of ketones is 1. The van der Waals surface area contributed by atoms with E-state index in [0.717, 1.165) is 11.1 Å². The molecule has 2 aromatic carbocycles. The highest BCUT2D eigenvalue weighted by Crippen LogP contribution is 2.22. The van der Waals surface area contributed by atoms with Crippen molar-refractivity contribution < 1.29 is 13.2 Å². The molecule has 116 valence electrons. The molecule has 0 aromatic heterocycles. The van der Waals surface area contributed by atoms with E-state index in [4.69, 9.17) is 11.6 Å². The van der Waals surface area contributed by atoms with Gasteiger partial charge < -0.3 is 0 Å². The van der Waals surface area contributed by atoms with Gasteiger partial charge in [0, 0.05) is 10.6 Å². The van der Waals surface area contributed by atoms with Crippen LogP contribution in [0.3, 0.4) is 0 Å². The summed E-state index contributed by atoms with van der Waals surface area (Å²) in [6, 6.07) is 11.3. The molecule has 0 saturated carbocycles. The molecule has 0 saturated heterocycles. The number of rotatable bonds is 4. The van der Waals surface area contributed by atoms with Crippen molar-refractivity contribution in [1.29, 1.82) is 0 Å². The highest BCUT2D eigenvalue weighted by Gasteiger charge is 2.30. The third-order valence-corrected chi connectivity index (χ3v) is 6.12. The zero-order chi connectivity index (χ0) is 16.5. The second-order valence-electron chi connectivity index (χ2n) is 5.33. The molecule has 0 radical (unpaired) electrons. The van der Waals surface area contributed by atoms with E-state index < -0.39 is 20.9 Å². The lowest BCUT2D eigenvalue weighted by Crippen LogP contribution is -2.27. The van der Waals surface area contributed by atoms with Gasteiger partial charge >= 0.3 is 0 Å². The predicted octanol–water partition coefficient (Wildman–Crippen LogP) is 4.00. The third kappa shape index (κ3) is 3.23. The first-order valence-electron chi connectivity index (χ1n) is 6.84. The molecule has 2 rings (SSSR count).